The summed E-state index contributed by atoms with van der Waals surface area (Å²) in [6, 6.07) is 4.18. The third kappa shape index (κ3) is 6.00. The van der Waals surface area contributed by atoms with Crippen LogP contribution in [0.4, 0.5) is 14.9 Å². The minimum absolute atomic E-state index is 0.0755. The number of aryl methyl sites for hydroxylation is 1. The largest absolute Gasteiger partial charge is 0.375 e. The van der Waals surface area contributed by atoms with Crippen LogP contribution < -0.4 is 5.32 Å². The van der Waals surface area contributed by atoms with Crippen molar-refractivity contribution in [2.75, 3.05) is 32.1 Å². The Hall–Kier alpha value is -3.01. The second-order valence-electron chi connectivity index (χ2n) is 7.64. The molecular formula is C21H28FN5O4. The maximum atomic E-state index is 13.8. The van der Waals surface area contributed by atoms with E-state index in [0.717, 1.165) is 12.8 Å². The van der Waals surface area contributed by atoms with Gasteiger partial charge >= 0.3 is 6.03 Å². The van der Waals surface area contributed by atoms with Crippen LogP contribution in [0.15, 0.2) is 22.7 Å². The Morgan fingerprint density at radius 3 is 2.94 bits per heavy atom. The summed E-state index contributed by atoms with van der Waals surface area (Å²) in [4.78, 5) is 32.6. The number of nitrogens with one attached hydrogen (secondary N) is 1. The third-order valence-corrected chi connectivity index (χ3v) is 5.31. The number of hydrogen-bond donors (Lipinski definition) is 1. The molecular weight excluding hydrogens is 405 g/mol. The van der Waals surface area contributed by atoms with Gasteiger partial charge in [-0.1, -0.05) is 11.2 Å². The number of likely N-dealkylation sites (tertiary alicyclic amines) is 1. The van der Waals surface area contributed by atoms with Gasteiger partial charge in [0, 0.05) is 51.8 Å². The molecule has 0 spiro atoms. The number of rotatable bonds is 7. The normalized spacial score (nSPS) is 16.3. The van der Waals surface area contributed by atoms with E-state index in [-0.39, 0.29) is 30.4 Å². The molecule has 1 aliphatic rings. The fraction of sp³-hybridized carbons (Fsp3) is 0.524. The summed E-state index contributed by atoms with van der Waals surface area (Å²) >= 11 is 0. The monoisotopic (exact) mass is 433 g/mol. The Morgan fingerprint density at radius 1 is 1.42 bits per heavy atom. The quantitative estimate of drug-likeness (QED) is 0.721. The van der Waals surface area contributed by atoms with E-state index in [1.165, 1.54) is 13.0 Å². The van der Waals surface area contributed by atoms with E-state index in [9.17, 15) is 14.0 Å². The van der Waals surface area contributed by atoms with E-state index in [4.69, 9.17) is 9.26 Å². The van der Waals surface area contributed by atoms with Crippen molar-refractivity contribution in [3.8, 4) is 0 Å². The van der Waals surface area contributed by atoms with Crippen molar-refractivity contribution < 1.29 is 23.2 Å². The molecule has 2 aromatic rings. The SMILES string of the molecule is COCc1nc(CCN(C(C)=O)C2CCCN(C(=O)Nc3ccc(C)c(F)c3)C2)no1. The molecule has 0 radical (unpaired) electrons. The number of anilines is 1. The number of benzene rings is 1. The first-order valence-corrected chi connectivity index (χ1v) is 10.3. The van der Waals surface area contributed by atoms with Crippen molar-refractivity contribution in [3.63, 3.8) is 0 Å². The van der Waals surface area contributed by atoms with Crippen molar-refractivity contribution in [1.29, 1.82) is 0 Å². The predicted octanol–water partition coefficient (Wildman–Crippen LogP) is 2.75. The highest BCUT2D eigenvalue weighted by Gasteiger charge is 2.29. The van der Waals surface area contributed by atoms with Crippen LogP contribution in [0, 0.1) is 12.7 Å². The number of halogens is 1. The van der Waals surface area contributed by atoms with Gasteiger partial charge in [-0.2, -0.15) is 4.98 Å². The summed E-state index contributed by atoms with van der Waals surface area (Å²) in [5.74, 6) is 0.450. The van der Waals surface area contributed by atoms with E-state index in [1.54, 1.807) is 36.0 Å². The Labute approximate surface area is 180 Å². The smallest absolute Gasteiger partial charge is 0.321 e. The average Bonchev–Trinajstić information content (AvgIpc) is 3.18. The molecule has 168 valence electrons. The molecule has 1 aliphatic heterocycles. The molecule has 1 atom stereocenters. The number of carbonyl (C=O) groups excluding carboxylic acids is 2. The lowest BCUT2D eigenvalue weighted by atomic mass is 10.0. The number of urea groups is 1. The number of aromatic nitrogens is 2. The van der Waals surface area contributed by atoms with E-state index in [1.807, 2.05) is 0 Å². The van der Waals surface area contributed by atoms with Gasteiger partial charge in [0.1, 0.15) is 12.4 Å². The maximum absolute atomic E-state index is 13.8. The van der Waals surface area contributed by atoms with E-state index in [0.29, 0.717) is 49.0 Å². The molecule has 1 unspecified atom stereocenters. The van der Waals surface area contributed by atoms with Gasteiger partial charge in [-0.3, -0.25) is 4.79 Å². The maximum Gasteiger partial charge on any atom is 0.321 e. The molecule has 0 aliphatic carbocycles. The topological polar surface area (TPSA) is 101 Å². The summed E-state index contributed by atoms with van der Waals surface area (Å²) in [6.45, 7) is 4.82. The summed E-state index contributed by atoms with van der Waals surface area (Å²) < 4.78 is 23.8. The van der Waals surface area contributed by atoms with Crippen LogP contribution in [0.2, 0.25) is 0 Å². The summed E-state index contributed by atoms with van der Waals surface area (Å²) in [6.07, 6.45) is 2.01. The Balaban J connectivity index is 1.59. The summed E-state index contributed by atoms with van der Waals surface area (Å²) in [7, 11) is 1.54. The highest BCUT2D eigenvalue weighted by atomic mass is 19.1. The second kappa shape index (κ2) is 10.3. The molecule has 3 rings (SSSR count). The molecule has 10 heteroatoms. The van der Waals surface area contributed by atoms with E-state index < -0.39 is 0 Å². The number of methoxy groups -OCH3 is 1. The molecule has 1 N–H and O–H groups in total. The average molecular weight is 433 g/mol. The molecule has 1 aromatic heterocycles. The molecule has 0 saturated carbocycles. The highest BCUT2D eigenvalue weighted by molar-refractivity contribution is 5.89. The van der Waals surface area contributed by atoms with Gasteiger partial charge in [-0.05, 0) is 37.5 Å². The van der Waals surface area contributed by atoms with Crippen LogP contribution in [0.3, 0.4) is 0 Å². The molecule has 3 amide bonds. The van der Waals surface area contributed by atoms with Gasteiger partial charge in [-0.15, -0.1) is 0 Å². The first kappa shape index (κ1) is 22.7. The minimum Gasteiger partial charge on any atom is -0.375 e. The fourth-order valence-corrected chi connectivity index (χ4v) is 3.66. The van der Waals surface area contributed by atoms with Crippen LogP contribution in [-0.4, -0.2) is 64.7 Å². The molecule has 1 saturated heterocycles. The van der Waals surface area contributed by atoms with Crippen LogP contribution in [0.5, 0.6) is 0 Å². The van der Waals surface area contributed by atoms with Crippen LogP contribution in [0.25, 0.3) is 0 Å². The standard InChI is InChI=1S/C21H28FN5O4/c1-14-6-7-16(11-18(14)22)23-21(29)26-9-4-5-17(12-26)27(15(2)28)10-8-19-24-20(13-30-3)31-25-19/h6-7,11,17H,4-5,8-10,12-13H2,1-3H3,(H,23,29). The predicted molar refractivity (Wildman–Crippen MR) is 111 cm³/mol. The zero-order valence-electron chi connectivity index (χ0n) is 18.1. The zero-order valence-corrected chi connectivity index (χ0v) is 18.1. The molecule has 0 bridgehead atoms. The number of nitrogens with zero attached hydrogens (tertiary/aromatic N) is 4. The molecule has 1 fully saturated rings. The van der Waals surface area contributed by atoms with Gasteiger partial charge in [0.15, 0.2) is 5.82 Å². The lowest BCUT2D eigenvalue weighted by Gasteiger charge is -2.39. The number of amides is 3. The minimum atomic E-state index is -0.368. The lowest BCUT2D eigenvalue weighted by molar-refractivity contribution is -0.132. The zero-order chi connectivity index (χ0) is 22.4. The molecule has 9 nitrogen and oxygen atoms in total. The fourth-order valence-electron chi connectivity index (χ4n) is 3.66. The number of carbonyl (C=O) groups is 2. The van der Waals surface area contributed by atoms with Crippen molar-refractivity contribution in [1.82, 2.24) is 19.9 Å². The Morgan fingerprint density at radius 2 is 2.23 bits per heavy atom. The molecule has 31 heavy (non-hydrogen) atoms. The summed E-state index contributed by atoms with van der Waals surface area (Å²) in [5, 5.41) is 6.65. The van der Waals surface area contributed by atoms with Crippen LogP contribution in [-0.2, 0) is 22.6 Å². The highest BCUT2D eigenvalue weighted by Crippen LogP contribution is 2.19. The second-order valence-corrected chi connectivity index (χ2v) is 7.64. The van der Waals surface area contributed by atoms with E-state index >= 15 is 0 Å². The van der Waals surface area contributed by atoms with Crippen LogP contribution >= 0.6 is 0 Å². The first-order chi connectivity index (χ1) is 14.9. The van der Waals surface area contributed by atoms with Crippen molar-refractivity contribution in [3.05, 3.63) is 41.3 Å². The van der Waals surface area contributed by atoms with Crippen molar-refractivity contribution in [2.24, 2.45) is 0 Å². The molecule has 1 aromatic carbocycles. The summed E-state index contributed by atoms with van der Waals surface area (Å²) in [5.41, 5.74) is 0.923. The van der Waals surface area contributed by atoms with Gasteiger partial charge in [0.25, 0.3) is 5.89 Å². The van der Waals surface area contributed by atoms with Gasteiger partial charge in [0.2, 0.25) is 5.91 Å². The molecule has 2 heterocycles. The Bertz CT molecular complexity index is 919. The van der Waals surface area contributed by atoms with E-state index in [2.05, 4.69) is 15.5 Å². The first-order valence-electron chi connectivity index (χ1n) is 10.3. The van der Waals surface area contributed by atoms with Gasteiger partial charge < -0.3 is 24.4 Å². The number of ether oxygens (including phenoxy) is 1. The lowest BCUT2D eigenvalue weighted by Crippen LogP contribution is -2.52. The third-order valence-electron chi connectivity index (χ3n) is 5.31. The van der Waals surface area contributed by atoms with Gasteiger partial charge in [-0.25, -0.2) is 9.18 Å². The van der Waals surface area contributed by atoms with Crippen molar-refractivity contribution >= 4 is 17.6 Å². The number of piperidine rings is 1. The number of hydrogen-bond acceptors (Lipinski definition) is 6. The van der Waals surface area contributed by atoms with Crippen molar-refractivity contribution in [2.45, 2.75) is 45.8 Å². The van der Waals surface area contributed by atoms with Gasteiger partial charge in [0.05, 0.1) is 0 Å². The Kier molecular flexibility index (Phi) is 7.56. The van der Waals surface area contributed by atoms with Crippen LogP contribution in [0.1, 0.15) is 37.0 Å².